The minimum Gasteiger partial charge on any atom is -0.478 e. The molecule has 0 aliphatic heterocycles. The molecule has 5 heteroatoms. The zero-order chi connectivity index (χ0) is 14.8. The van der Waals surface area contributed by atoms with E-state index in [0.717, 1.165) is 19.3 Å². The first kappa shape index (κ1) is 13.4. The maximum absolute atomic E-state index is 11.3. The summed E-state index contributed by atoms with van der Waals surface area (Å²) in [7, 11) is 0. The fraction of sp³-hybridized carbons (Fsp3) is 0.250. The van der Waals surface area contributed by atoms with Gasteiger partial charge in [0.1, 0.15) is 11.4 Å². The van der Waals surface area contributed by atoms with Crippen molar-refractivity contribution in [2.45, 2.75) is 25.3 Å². The van der Waals surface area contributed by atoms with Crippen LogP contribution < -0.4 is 11.1 Å². The fourth-order valence-electron chi connectivity index (χ4n) is 2.77. The van der Waals surface area contributed by atoms with Crippen molar-refractivity contribution in [1.82, 2.24) is 4.98 Å². The molecular formula is C16H17N3O2. The van der Waals surface area contributed by atoms with Crippen molar-refractivity contribution in [3.63, 3.8) is 0 Å². The Kier molecular flexibility index (Phi) is 3.48. The van der Waals surface area contributed by atoms with Crippen LogP contribution in [0.5, 0.6) is 0 Å². The van der Waals surface area contributed by atoms with Crippen LogP contribution in [0.15, 0.2) is 36.5 Å². The van der Waals surface area contributed by atoms with Crippen LogP contribution in [0.3, 0.4) is 0 Å². The monoisotopic (exact) mass is 283 g/mol. The van der Waals surface area contributed by atoms with Gasteiger partial charge in [-0.3, -0.25) is 0 Å². The molecule has 0 spiro atoms. The Morgan fingerprint density at radius 3 is 2.86 bits per heavy atom. The summed E-state index contributed by atoms with van der Waals surface area (Å²) in [6, 6.07) is 9.98. The van der Waals surface area contributed by atoms with Crippen LogP contribution in [0.2, 0.25) is 0 Å². The number of nitrogens with one attached hydrogen (secondary N) is 1. The van der Waals surface area contributed by atoms with E-state index in [1.165, 1.54) is 23.4 Å². The van der Waals surface area contributed by atoms with Crippen LogP contribution in [0.25, 0.3) is 0 Å². The Balaban J connectivity index is 1.81. The van der Waals surface area contributed by atoms with Crippen molar-refractivity contribution < 1.29 is 9.90 Å². The minimum absolute atomic E-state index is 0.119. The van der Waals surface area contributed by atoms with Gasteiger partial charge in [0.2, 0.25) is 0 Å². The smallest absolute Gasteiger partial charge is 0.339 e. The molecule has 0 bridgehead atoms. The second-order valence-corrected chi connectivity index (χ2v) is 5.32. The number of carbonyl (C=O) groups is 1. The largest absolute Gasteiger partial charge is 0.478 e. The van der Waals surface area contributed by atoms with E-state index in [1.54, 1.807) is 0 Å². The molecule has 1 unspecified atom stereocenters. The molecule has 0 radical (unpaired) electrons. The van der Waals surface area contributed by atoms with E-state index in [9.17, 15) is 9.90 Å². The Hall–Kier alpha value is -2.56. The summed E-state index contributed by atoms with van der Waals surface area (Å²) in [6.45, 7) is 0. The highest BCUT2D eigenvalue weighted by Gasteiger charge is 2.21. The number of rotatable bonds is 3. The van der Waals surface area contributed by atoms with Crippen molar-refractivity contribution in [2.75, 3.05) is 11.1 Å². The standard InChI is InChI=1S/C16H17N3O2/c17-12-8-14(16(20)21)15(18-9-12)19-13-6-5-10-3-1-2-4-11(10)7-13/h1-4,8-9,13H,5-7,17H2,(H,18,19)(H,20,21). The first-order valence-electron chi connectivity index (χ1n) is 6.95. The highest BCUT2D eigenvalue weighted by Crippen LogP contribution is 2.24. The molecule has 21 heavy (non-hydrogen) atoms. The van der Waals surface area contributed by atoms with Crippen molar-refractivity contribution in [3.05, 3.63) is 53.2 Å². The predicted molar refractivity (Wildman–Crippen MR) is 81.5 cm³/mol. The van der Waals surface area contributed by atoms with Crippen LogP contribution in [-0.2, 0) is 12.8 Å². The maximum atomic E-state index is 11.3. The molecule has 5 nitrogen and oxygen atoms in total. The molecule has 1 atom stereocenters. The lowest BCUT2D eigenvalue weighted by Crippen LogP contribution is -2.28. The number of benzene rings is 1. The fourth-order valence-corrected chi connectivity index (χ4v) is 2.77. The van der Waals surface area contributed by atoms with Gasteiger partial charge in [-0.25, -0.2) is 9.78 Å². The highest BCUT2D eigenvalue weighted by molar-refractivity contribution is 5.94. The number of nitrogens with zero attached hydrogens (tertiary/aromatic N) is 1. The molecule has 0 amide bonds. The summed E-state index contributed by atoms with van der Waals surface area (Å²) in [5, 5.41) is 12.5. The molecule has 0 saturated carbocycles. The van der Waals surface area contributed by atoms with Gasteiger partial charge >= 0.3 is 5.97 Å². The number of hydrogen-bond donors (Lipinski definition) is 3. The first-order valence-corrected chi connectivity index (χ1v) is 6.95. The maximum Gasteiger partial charge on any atom is 0.339 e. The van der Waals surface area contributed by atoms with Crippen LogP contribution in [0.1, 0.15) is 27.9 Å². The first-order chi connectivity index (χ1) is 10.1. The second kappa shape index (κ2) is 5.44. The SMILES string of the molecule is Nc1cnc(NC2CCc3ccccc3C2)c(C(=O)O)c1. The van der Waals surface area contributed by atoms with Crippen molar-refractivity contribution >= 4 is 17.5 Å². The zero-order valence-corrected chi connectivity index (χ0v) is 11.5. The summed E-state index contributed by atoms with van der Waals surface area (Å²) >= 11 is 0. The number of anilines is 2. The quantitative estimate of drug-likeness (QED) is 0.804. The van der Waals surface area contributed by atoms with Crippen molar-refractivity contribution in [3.8, 4) is 0 Å². The Morgan fingerprint density at radius 1 is 1.33 bits per heavy atom. The van der Waals surface area contributed by atoms with E-state index in [0.29, 0.717) is 11.5 Å². The Bertz CT molecular complexity index is 685. The van der Waals surface area contributed by atoms with E-state index in [2.05, 4.69) is 28.5 Å². The van der Waals surface area contributed by atoms with Gasteiger partial charge in [-0.05, 0) is 36.5 Å². The van der Waals surface area contributed by atoms with Crippen LogP contribution >= 0.6 is 0 Å². The summed E-state index contributed by atoms with van der Waals surface area (Å²) in [5.74, 6) is -0.630. The van der Waals surface area contributed by atoms with Crippen LogP contribution in [-0.4, -0.2) is 22.1 Å². The van der Waals surface area contributed by atoms with Gasteiger partial charge in [0.05, 0.1) is 11.9 Å². The lowest BCUT2D eigenvalue weighted by Gasteiger charge is -2.26. The molecule has 1 aromatic carbocycles. The molecule has 1 heterocycles. The molecule has 3 rings (SSSR count). The van der Waals surface area contributed by atoms with Gasteiger partial charge in [0.15, 0.2) is 0 Å². The zero-order valence-electron chi connectivity index (χ0n) is 11.5. The van der Waals surface area contributed by atoms with Gasteiger partial charge in [-0.2, -0.15) is 0 Å². The molecule has 108 valence electrons. The van der Waals surface area contributed by atoms with E-state index >= 15 is 0 Å². The van der Waals surface area contributed by atoms with Crippen LogP contribution in [0, 0.1) is 0 Å². The highest BCUT2D eigenvalue weighted by atomic mass is 16.4. The average Bonchev–Trinajstić information content (AvgIpc) is 2.49. The average molecular weight is 283 g/mol. The van der Waals surface area contributed by atoms with E-state index < -0.39 is 5.97 Å². The van der Waals surface area contributed by atoms with Crippen molar-refractivity contribution in [1.29, 1.82) is 0 Å². The number of fused-ring (bicyclic) bond motifs is 1. The Labute approximate surface area is 122 Å². The summed E-state index contributed by atoms with van der Waals surface area (Å²) in [5.41, 5.74) is 8.77. The second-order valence-electron chi connectivity index (χ2n) is 5.32. The number of nitrogens with two attached hydrogens (primary N) is 1. The third-order valence-corrected chi connectivity index (χ3v) is 3.83. The lowest BCUT2D eigenvalue weighted by molar-refractivity contribution is 0.0697. The molecule has 0 saturated heterocycles. The number of aromatic carboxylic acids is 1. The number of carboxylic acid groups (broad SMARTS) is 1. The van der Waals surface area contributed by atoms with E-state index in [1.807, 2.05) is 6.07 Å². The van der Waals surface area contributed by atoms with Crippen LogP contribution in [0.4, 0.5) is 11.5 Å². The topological polar surface area (TPSA) is 88.2 Å². The normalized spacial score (nSPS) is 17.0. The molecule has 2 aromatic rings. The molecule has 1 aromatic heterocycles. The van der Waals surface area contributed by atoms with E-state index in [4.69, 9.17) is 5.73 Å². The van der Waals surface area contributed by atoms with Gasteiger partial charge in [0.25, 0.3) is 0 Å². The number of hydrogen-bond acceptors (Lipinski definition) is 4. The third-order valence-electron chi connectivity index (χ3n) is 3.83. The molecular weight excluding hydrogens is 266 g/mol. The predicted octanol–water partition coefficient (Wildman–Crippen LogP) is 2.33. The molecule has 1 aliphatic carbocycles. The number of aryl methyl sites for hydroxylation is 1. The molecule has 0 fully saturated rings. The summed E-state index contributed by atoms with van der Waals surface area (Å²) in [4.78, 5) is 15.4. The lowest BCUT2D eigenvalue weighted by atomic mass is 9.88. The summed E-state index contributed by atoms with van der Waals surface area (Å²) < 4.78 is 0. The third kappa shape index (κ3) is 2.81. The van der Waals surface area contributed by atoms with Gasteiger partial charge in [-0.15, -0.1) is 0 Å². The van der Waals surface area contributed by atoms with Gasteiger partial charge in [0, 0.05) is 6.04 Å². The molecule has 1 aliphatic rings. The number of pyridine rings is 1. The van der Waals surface area contributed by atoms with Gasteiger partial charge < -0.3 is 16.2 Å². The van der Waals surface area contributed by atoms with Crippen molar-refractivity contribution in [2.24, 2.45) is 0 Å². The minimum atomic E-state index is -1.02. The number of aromatic nitrogens is 1. The van der Waals surface area contributed by atoms with E-state index in [-0.39, 0.29) is 11.6 Å². The number of carboxylic acids is 1. The number of nitrogen functional groups attached to an aromatic ring is 1. The Morgan fingerprint density at radius 2 is 2.10 bits per heavy atom. The molecule has 4 N–H and O–H groups in total. The van der Waals surface area contributed by atoms with Gasteiger partial charge in [-0.1, -0.05) is 24.3 Å². The summed E-state index contributed by atoms with van der Waals surface area (Å²) in [6.07, 6.45) is 4.31.